The molecule has 0 N–H and O–H groups in total. The Kier molecular flexibility index (Phi) is 6.94. The maximum Gasteiger partial charge on any atom is 0.0992 e. The van der Waals surface area contributed by atoms with Gasteiger partial charge in [0.1, 0.15) is 0 Å². The summed E-state index contributed by atoms with van der Waals surface area (Å²) < 4.78 is 2.28. The van der Waals surface area contributed by atoms with Crippen molar-refractivity contribution in [2.24, 2.45) is 0 Å². The molecule has 0 saturated carbocycles. The zero-order chi connectivity index (χ0) is 33.5. The van der Waals surface area contributed by atoms with Crippen molar-refractivity contribution < 1.29 is 0 Å². The van der Waals surface area contributed by atoms with Crippen LogP contribution in [0.5, 0.6) is 0 Å². The molecule has 1 heterocycles. The highest BCUT2D eigenvalue weighted by Crippen LogP contribution is 2.40. The Morgan fingerprint density at radius 2 is 0.837 bits per heavy atom. The summed E-state index contributed by atoms with van der Waals surface area (Å²) in [6.45, 7) is 0. The van der Waals surface area contributed by atoms with Crippen molar-refractivity contribution in [3.05, 3.63) is 162 Å². The third-order valence-electron chi connectivity index (χ3n) is 9.02. The van der Waals surface area contributed by atoms with Crippen LogP contribution in [0.4, 0.5) is 0 Å². The Morgan fingerprint density at radius 1 is 0.367 bits per heavy atom. The average molecular weight is 622 g/mol. The van der Waals surface area contributed by atoms with Crippen LogP contribution >= 0.6 is 0 Å². The molecule has 224 valence electrons. The maximum absolute atomic E-state index is 9.66. The molecule has 0 fully saturated rings. The van der Waals surface area contributed by atoms with E-state index in [1.165, 1.54) is 10.8 Å². The fourth-order valence-corrected chi connectivity index (χ4v) is 6.76. The van der Waals surface area contributed by atoms with Crippen molar-refractivity contribution in [1.29, 1.82) is 21.0 Å². The van der Waals surface area contributed by atoms with Crippen molar-refractivity contribution in [3.8, 4) is 63.3 Å². The molecule has 0 aliphatic heterocycles. The molecule has 0 spiro atoms. The van der Waals surface area contributed by atoms with Gasteiger partial charge >= 0.3 is 0 Å². The molecule has 0 saturated heterocycles. The van der Waals surface area contributed by atoms with Crippen LogP contribution in [0.2, 0.25) is 0 Å². The molecule has 8 aromatic rings. The molecule has 8 rings (SSSR count). The number of nitriles is 4. The zero-order valence-corrected chi connectivity index (χ0v) is 26.0. The highest BCUT2D eigenvalue weighted by Gasteiger charge is 2.18. The first-order valence-corrected chi connectivity index (χ1v) is 15.6. The normalized spacial score (nSPS) is 10.8. The van der Waals surface area contributed by atoms with Crippen LogP contribution in [0.25, 0.3) is 71.6 Å². The van der Waals surface area contributed by atoms with Crippen LogP contribution < -0.4 is 0 Å². The fraction of sp³-hybridized carbons (Fsp3) is 0. The van der Waals surface area contributed by atoms with E-state index in [4.69, 9.17) is 0 Å². The van der Waals surface area contributed by atoms with Gasteiger partial charge in [-0.2, -0.15) is 21.0 Å². The summed E-state index contributed by atoms with van der Waals surface area (Å²) in [7, 11) is 0. The summed E-state index contributed by atoms with van der Waals surface area (Å²) in [5, 5.41) is 43.0. The number of aromatic nitrogens is 1. The molecule has 7 aromatic carbocycles. The molecule has 1 aromatic heterocycles. The second kappa shape index (κ2) is 11.7. The second-order valence-corrected chi connectivity index (χ2v) is 11.9. The van der Waals surface area contributed by atoms with Gasteiger partial charge in [0.2, 0.25) is 0 Å². The Hall–Kier alpha value is -7.44. The smallest absolute Gasteiger partial charge is 0.0992 e. The molecule has 0 radical (unpaired) electrons. The minimum Gasteiger partial charge on any atom is -0.309 e. The lowest BCUT2D eigenvalue weighted by Crippen LogP contribution is -1.97. The highest BCUT2D eigenvalue weighted by molar-refractivity contribution is 6.12. The quantitative estimate of drug-likeness (QED) is 0.195. The maximum atomic E-state index is 9.66. The van der Waals surface area contributed by atoms with Crippen LogP contribution in [-0.2, 0) is 0 Å². The van der Waals surface area contributed by atoms with Crippen molar-refractivity contribution in [1.82, 2.24) is 4.57 Å². The number of para-hydroxylation sites is 1. The molecule has 0 aliphatic carbocycles. The molecule has 5 nitrogen and oxygen atoms in total. The van der Waals surface area contributed by atoms with E-state index in [9.17, 15) is 21.0 Å². The van der Waals surface area contributed by atoms with E-state index in [1.54, 1.807) is 36.4 Å². The Bertz CT molecular complexity index is 2630. The average Bonchev–Trinajstić information content (AvgIpc) is 3.50. The van der Waals surface area contributed by atoms with Crippen molar-refractivity contribution in [2.45, 2.75) is 0 Å². The summed E-state index contributed by atoms with van der Waals surface area (Å²) >= 11 is 0. The zero-order valence-electron chi connectivity index (χ0n) is 26.0. The lowest BCUT2D eigenvalue weighted by Gasteiger charge is -2.15. The van der Waals surface area contributed by atoms with Gasteiger partial charge in [-0.1, -0.05) is 66.7 Å². The summed E-state index contributed by atoms with van der Waals surface area (Å²) in [6.07, 6.45) is 0. The first-order chi connectivity index (χ1) is 24.1. The molecule has 0 aliphatic rings. The minimum atomic E-state index is 0.425. The van der Waals surface area contributed by atoms with E-state index in [1.807, 2.05) is 24.3 Å². The second-order valence-electron chi connectivity index (χ2n) is 11.9. The van der Waals surface area contributed by atoms with Crippen molar-refractivity contribution >= 4 is 32.6 Å². The van der Waals surface area contributed by atoms with Crippen LogP contribution in [0, 0.1) is 45.3 Å². The number of nitrogens with zero attached hydrogens (tertiary/aromatic N) is 5. The molecular formula is C44H23N5. The van der Waals surface area contributed by atoms with Crippen molar-refractivity contribution in [3.63, 3.8) is 0 Å². The number of rotatable bonds is 4. The molecule has 0 bridgehead atoms. The van der Waals surface area contributed by atoms with Gasteiger partial charge in [0, 0.05) is 16.3 Å². The van der Waals surface area contributed by atoms with Crippen LogP contribution in [0.1, 0.15) is 22.3 Å². The fourth-order valence-electron chi connectivity index (χ4n) is 6.76. The molecule has 0 amide bonds. The molecule has 0 unspecified atom stereocenters. The molecule has 0 atom stereocenters. The lowest BCUT2D eigenvalue weighted by molar-refractivity contribution is 1.18. The Balaban J connectivity index is 1.41. The summed E-state index contributed by atoms with van der Waals surface area (Å²) in [5.41, 5.74) is 10.2. The van der Waals surface area contributed by atoms with Gasteiger partial charge in [-0.15, -0.1) is 0 Å². The number of fused-ring (bicyclic) bond motifs is 4. The van der Waals surface area contributed by atoms with Crippen molar-refractivity contribution in [2.75, 3.05) is 0 Å². The standard InChI is InChI=1S/C44H23N5/c45-24-28-15-29(25-46)18-37(17-28)34-11-13-43-40(22-34)41-23-35(38-19-30(26-47)16-31(20-38)27-48)12-14-44(41)49(43)42-8-4-3-7-39(42)36-10-9-32-5-1-2-6-33(32)21-36/h1-23H. The van der Waals surface area contributed by atoms with Crippen LogP contribution in [0.3, 0.4) is 0 Å². The van der Waals surface area contributed by atoms with Gasteiger partial charge in [-0.25, -0.2) is 0 Å². The number of benzene rings is 7. The molecular weight excluding hydrogens is 599 g/mol. The predicted octanol–water partition coefficient (Wildman–Crippen LogP) is 10.4. The van der Waals surface area contributed by atoms with Gasteiger partial charge in [0.25, 0.3) is 0 Å². The van der Waals surface area contributed by atoms with E-state index >= 15 is 0 Å². The Labute approximate surface area is 282 Å². The van der Waals surface area contributed by atoms with Gasteiger partial charge < -0.3 is 4.57 Å². The van der Waals surface area contributed by atoms with Crippen LogP contribution in [0.15, 0.2) is 140 Å². The first kappa shape index (κ1) is 29.0. The highest BCUT2D eigenvalue weighted by atomic mass is 15.0. The summed E-state index contributed by atoms with van der Waals surface area (Å²) in [6, 6.07) is 54.9. The van der Waals surface area contributed by atoms with E-state index < -0.39 is 0 Å². The summed E-state index contributed by atoms with van der Waals surface area (Å²) in [5.74, 6) is 0. The van der Waals surface area contributed by atoms with Gasteiger partial charge in [-0.3, -0.25) is 0 Å². The largest absolute Gasteiger partial charge is 0.309 e. The van der Waals surface area contributed by atoms with E-state index in [-0.39, 0.29) is 0 Å². The van der Waals surface area contributed by atoms with Gasteiger partial charge in [0.05, 0.1) is 63.3 Å². The van der Waals surface area contributed by atoms with Crippen LogP contribution in [-0.4, -0.2) is 4.57 Å². The van der Waals surface area contributed by atoms with E-state index in [0.717, 1.165) is 60.9 Å². The number of hydrogen-bond acceptors (Lipinski definition) is 4. The minimum absolute atomic E-state index is 0.425. The lowest BCUT2D eigenvalue weighted by atomic mass is 9.97. The molecule has 49 heavy (non-hydrogen) atoms. The predicted molar refractivity (Wildman–Crippen MR) is 193 cm³/mol. The van der Waals surface area contributed by atoms with Gasteiger partial charge in [-0.05, 0) is 111 Å². The monoisotopic (exact) mass is 621 g/mol. The molecule has 5 heteroatoms. The summed E-state index contributed by atoms with van der Waals surface area (Å²) in [4.78, 5) is 0. The third kappa shape index (κ3) is 5.02. The van der Waals surface area contributed by atoms with E-state index in [2.05, 4.69) is 108 Å². The first-order valence-electron chi connectivity index (χ1n) is 15.6. The third-order valence-corrected chi connectivity index (χ3v) is 9.02. The van der Waals surface area contributed by atoms with E-state index in [0.29, 0.717) is 22.3 Å². The van der Waals surface area contributed by atoms with Gasteiger partial charge in [0.15, 0.2) is 0 Å². The topological polar surface area (TPSA) is 100 Å². The SMILES string of the molecule is N#Cc1cc(C#N)cc(-c2ccc3c(c2)c2cc(-c4cc(C#N)cc(C#N)c4)ccc2n3-c2ccccc2-c2ccc3ccccc3c2)c1. The number of hydrogen-bond donors (Lipinski definition) is 0. The Morgan fingerprint density at radius 3 is 1.37 bits per heavy atom.